The fourth-order valence-corrected chi connectivity index (χ4v) is 2.50. The normalized spacial score (nSPS) is 20.2. The molecule has 1 aliphatic heterocycles. The van der Waals surface area contributed by atoms with Crippen LogP contribution in [-0.4, -0.2) is 23.4 Å². The lowest BCUT2D eigenvalue weighted by atomic mass is 10.1. The van der Waals surface area contributed by atoms with Gasteiger partial charge in [0.1, 0.15) is 5.82 Å². The molecule has 1 atom stereocenters. The third-order valence-corrected chi connectivity index (χ3v) is 3.45. The lowest BCUT2D eigenvalue weighted by molar-refractivity contribution is -0.122. The van der Waals surface area contributed by atoms with Gasteiger partial charge >= 0.3 is 0 Å². The monoisotopic (exact) mass is 251 g/mol. The van der Waals surface area contributed by atoms with Gasteiger partial charge in [-0.3, -0.25) is 9.69 Å². The second kappa shape index (κ2) is 5.46. The van der Waals surface area contributed by atoms with E-state index in [0.717, 1.165) is 30.5 Å². The van der Waals surface area contributed by atoms with Gasteiger partial charge in [-0.1, -0.05) is 6.07 Å². The summed E-state index contributed by atoms with van der Waals surface area (Å²) in [5.74, 6) is -0.573. The Labute approximate surface area is 106 Å². The van der Waals surface area contributed by atoms with Gasteiger partial charge in [0, 0.05) is 13.1 Å². The summed E-state index contributed by atoms with van der Waals surface area (Å²) in [7, 11) is 0. The molecule has 1 heterocycles. The van der Waals surface area contributed by atoms with E-state index in [2.05, 4.69) is 0 Å². The zero-order valence-corrected chi connectivity index (χ0v) is 10.2. The van der Waals surface area contributed by atoms with E-state index in [4.69, 9.17) is 11.5 Å². The summed E-state index contributed by atoms with van der Waals surface area (Å²) in [5, 5.41) is 0. The van der Waals surface area contributed by atoms with Crippen molar-refractivity contribution in [1.82, 2.24) is 4.90 Å². The lowest BCUT2D eigenvalue weighted by Gasteiger charge is -2.23. The Morgan fingerprint density at radius 2 is 2.22 bits per heavy atom. The zero-order chi connectivity index (χ0) is 13.1. The van der Waals surface area contributed by atoms with Crippen molar-refractivity contribution in [3.63, 3.8) is 0 Å². The maximum atomic E-state index is 13.1. The first-order valence-electron chi connectivity index (χ1n) is 6.12. The van der Waals surface area contributed by atoms with Gasteiger partial charge in [-0.25, -0.2) is 4.39 Å². The van der Waals surface area contributed by atoms with Crippen LogP contribution in [0.2, 0.25) is 0 Å². The molecule has 1 aromatic rings. The van der Waals surface area contributed by atoms with Gasteiger partial charge in [-0.15, -0.1) is 0 Å². The van der Waals surface area contributed by atoms with Crippen LogP contribution < -0.4 is 11.5 Å². The number of rotatable bonds is 4. The van der Waals surface area contributed by atoms with Crippen LogP contribution in [0.3, 0.4) is 0 Å². The topological polar surface area (TPSA) is 72.3 Å². The highest BCUT2D eigenvalue weighted by Crippen LogP contribution is 2.21. The maximum Gasteiger partial charge on any atom is 0.234 e. The molecule has 0 saturated carbocycles. The van der Waals surface area contributed by atoms with Crippen molar-refractivity contribution in [1.29, 1.82) is 0 Å². The van der Waals surface area contributed by atoms with E-state index in [9.17, 15) is 9.18 Å². The highest BCUT2D eigenvalue weighted by Gasteiger charge is 2.29. The second-order valence-corrected chi connectivity index (χ2v) is 4.65. The highest BCUT2D eigenvalue weighted by atomic mass is 19.1. The number of likely N-dealkylation sites (tertiary alicyclic amines) is 1. The number of carbonyl (C=O) groups excluding carboxylic acids is 1. The van der Waals surface area contributed by atoms with Crippen LogP contribution >= 0.6 is 0 Å². The molecule has 0 spiro atoms. The predicted octanol–water partition coefficient (Wildman–Crippen LogP) is 0.734. The van der Waals surface area contributed by atoms with Gasteiger partial charge < -0.3 is 11.5 Å². The molecule has 4 N–H and O–H groups in total. The van der Waals surface area contributed by atoms with E-state index >= 15 is 0 Å². The molecule has 1 unspecified atom stereocenters. The summed E-state index contributed by atoms with van der Waals surface area (Å²) in [6.07, 6.45) is 1.77. The molecule has 0 radical (unpaired) electrons. The predicted molar refractivity (Wildman–Crippen MR) is 66.9 cm³/mol. The molecule has 2 rings (SSSR count). The Bertz CT molecular complexity index is 450. The van der Waals surface area contributed by atoms with E-state index in [1.54, 1.807) is 6.07 Å². The maximum absolute atomic E-state index is 13.1. The average Bonchev–Trinajstić information content (AvgIpc) is 2.79. The third kappa shape index (κ3) is 2.68. The first-order chi connectivity index (χ1) is 8.61. The van der Waals surface area contributed by atoms with Crippen LogP contribution in [0, 0.1) is 5.82 Å². The molecule has 4 nitrogen and oxygen atoms in total. The SMILES string of the molecule is NCc1cc(F)ccc1CN1CCCC1C(N)=O. The summed E-state index contributed by atoms with van der Waals surface area (Å²) in [4.78, 5) is 13.3. The molecule has 18 heavy (non-hydrogen) atoms. The number of nitrogens with zero attached hydrogens (tertiary/aromatic N) is 1. The first-order valence-corrected chi connectivity index (χ1v) is 6.12. The van der Waals surface area contributed by atoms with Gasteiger partial charge in [-0.05, 0) is 42.6 Å². The number of hydrogen-bond donors (Lipinski definition) is 2. The second-order valence-electron chi connectivity index (χ2n) is 4.65. The summed E-state index contributed by atoms with van der Waals surface area (Å²) >= 11 is 0. The molecule has 5 heteroatoms. The molecular formula is C13H18FN3O. The van der Waals surface area contributed by atoms with Crippen molar-refractivity contribution in [2.75, 3.05) is 6.54 Å². The van der Waals surface area contributed by atoms with Crippen molar-refractivity contribution < 1.29 is 9.18 Å². The number of hydrogen-bond acceptors (Lipinski definition) is 3. The Kier molecular flexibility index (Phi) is 3.93. The molecule has 1 fully saturated rings. The van der Waals surface area contributed by atoms with Gasteiger partial charge in [0.15, 0.2) is 0 Å². The molecule has 0 aromatic heterocycles. The summed E-state index contributed by atoms with van der Waals surface area (Å²) in [6, 6.07) is 4.39. The number of amides is 1. The van der Waals surface area contributed by atoms with E-state index in [1.165, 1.54) is 12.1 Å². The molecule has 1 aliphatic rings. The van der Waals surface area contributed by atoms with Crippen molar-refractivity contribution in [3.8, 4) is 0 Å². The Hall–Kier alpha value is -1.46. The highest BCUT2D eigenvalue weighted by molar-refractivity contribution is 5.80. The Balaban J connectivity index is 2.16. The molecule has 1 amide bonds. The van der Waals surface area contributed by atoms with Crippen molar-refractivity contribution >= 4 is 5.91 Å². The summed E-state index contributed by atoms with van der Waals surface area (Å²) in [5.41, 5.74) is 12.7. The quantitative estimate of drug-likeness (QED) is 0.828. The zero-order valence-electron chi connectivity index (χ0n) is 10.2. The molecule has 1 saturated heterocycles. The van der Waals surface area contributed by atoms with Gasteiger partial charge in [0.25, 0.3) is 0 Å². The minimum Gasteiger partial charge on any atom is -0.368 e. The van der Waals surface area contributed by atoms with Crippen LogP contribution in [0.5, 0.6) is 0 Å². The van der Waals surface area contributed by atoms with E-state index < -0.39 is 0 Å². The fraction of sp³-hybridized carbons (Fsp3) is 0.462. The average molecular weight is 251 g/mol. The van der Waals surface area contributed by atoms with Crippen LogP contribution in [-0.2, 0) is 17.9 Å². The van der Waals surface area contributed by atoms with Gasteiger partial charge in [0.05, 0.1) is 6.04 Å². The standard InChI is InChI=1S/C13H18FN3O/c14-11-4-3-9(10(6-11)7-15)8-17-5-1-2-12(17)13(16)18/h3-4,6,12H,1-2,5,7-8,15H2,(H2,16,18). The number of benzene rings is 1. The summed E-state index contributed by atoms with van der Waals surface area (Å²) < 4.78 is 13.1. The van der Waals surface area contributed by atoms with Crippen molar-refractivity contribution in [2.24, 2.45) is 11.5 Å². The first kappa shape index (κ1) is 13.0. The lowest BCUT2D eigenvalue weighted by Crippen LogP contribution is -2.39. The largest absolute Gasteiger partial charge is 0.368 e. The number of primary amides is 1. The van der Waals surface area contributed by atoms with Crippen LogP contribution in [0.4, 0.5) is 4.39 Å². The number of halogens is 1. The Morgan fingerprint density at radius 1 is 1.44 bits per heavy atom. The Morgan fingerprint density at radius 3 is 2.89 bits per heavy atom. The van der Waals surface area contributed by atoms with Gasteiger partial charge in [0.2, 0.25) is 5.91 Å². The smallest absolute Gasteiger partial charge is 0.234 e. The minimum atomic E-state index is -0.288. The number of nitrogens with two attached hydrogens (primary N) is 2. The van der Waals surface area contributed by atoms with E-state index in [1.807, 2.05) is 4.90 Å². The third-order valence-electron chi connectivity index (χ3n) is 3.45. The van der Waals surface area contributed by atoms with Gasteiger partial charge in [-0.2, -0.15) is 0 Å². The minimum absolute atomic E-state index is 0.208. The fourth-order valence-electron chi connectivity index (χ4n) is 2.50. The van der Waals surface area contributed by atoms with E-state index in [0.29, 0.717) is 13.1 Å². The molecular weight excluding hydrogens is 233 g/mol. The molecule has 0 aliphatic carbocycles. The molecule has 1 aromatic carbocycles. The molecule has 98 valence electrons. The number of carbonyl (C=O) groups is 1. The van der Waals surface area contributed by atoms with Crippen molar-refractivity contribution in [3.05, 3.63) is 35.1 Å². The van der Waals surface area contributed by atoms with Crippen molar-refractivity contribution in [2.45, 2.75) is 32.0 Å². The van der Waals surface area contributed by atoms with Crippen LogP contribution in [0.15, 0.2) is 18.2 Å². The summed E-state index contributed by atoms with van der Waals surface area (Å²) in [6.45, 7) is 1.73. The van der Waals surface area contributed by atoms with Crippen LogP contribution in [0.25, 0.3) is 0 Å². The van der Waals surface area contributed by atoms with E-state index in [-0.39, 0.29) is 17.8 Å². The van der Waals surface area contributed by atoms with Crippen LogP contribution in [0.1, 0.15) is 24.0 Å². The molecule has 0 bridgehead atoms.